The van der Waals surface area contributed by atoms with Gasteiger partial charge in [0.2, 0.25) is 17.7 Å². The number of anilines is 2. The van der Waals surface area contributed by atoms with Crippen molar-refractivity contribution in [2.24, 2.45) is 29.6 Å². The van der Waals surface area contributed by atoms with Crippen molar-refractivity contribution in [1.82, 2.24) is 4.57 Å². The number of carbonyl (C=O) groups excluding carboxylic acids is 3. The summed E-state index contributed by atoms with van der Waals surface area (Å²) >= 11 is 9.10. The van der Waals surface area contributed by atoms with Crippen LogP contribution in [0, 0.1) is 36.5 Å². The van der Waals surface area contributed by atoms with Crippen LogP contribution < -0.4 is 15.1 Å². The Balaban J connectivity index is 1.19. The van der Waals surface area contributed by atoms with Gasteiger partial charge in [-0.05, 0) is 72.6 Å². The van der Waals surface area contributed by atoms with E-state index in [0.717, 1.165) is 27.5 Å². The number of nitrogens with zero attached hydrogens (tertiary/aromatic N) is 2. The standard InChI is InChI=1S/C34H28ClN3O4S2/c1-17-7-5-6-10-23(17)36-24(39)16-37-33-30(44-34(37)42)25(18-11-13-19(35)14-12-18)26-21-15-22(29(26)43-33)28-27(21)31(40)38(32(28)41)20-8-3-2-4-9-20/h2-14,21-22,25-29H,15-16H2,1H3,(H,36,39). The number of aromatic nitrogens is 1. The topological polar surface area (TPSA) is 88.5 Å². The summed E-state index contributed by atoms with van der Waals surface area (Å²) < 4.78 is 1.60. The largest absolute Gasteiger partial charge is 0.324 e. The van der Waals surface area contributed by atoms with Crippen LogP contribution in [0.5, 0.6) is 0 Å². The molecule has 7 atom stereocenters. The number of fused-ring (bicyclic) bond motifs is 9. The number of para-hydroxylation sites is 2. The van der Waals surface area contributed by atoms with Crippen molar-refractivity contribution in [2.75, 3.05) is 10.2 Å². The quantitative estimate of drug-likeness (QED) is 0.263. The SMILES string of the molecule is Cc1ccccc1NC(=O)Cn1c2c(sc1=O)C(c1ccc(Cl)cc1)C1C3CC(C1S2)C1C(=O)N(c2ccccc2)C(=O)C31. The van der Waals surface area contributed by atoms with Gasteiger partial charge in [0.25, 0.3) is 0 Å². The Morgan fingerprint density at radius 2 is 1.59 bits per heavy atom. The molecule has 8 rings (SSSR count). The van der Waals surface area contributed by atoms with E-state index in [-0.39, 0.29) is 69.9 Å². The average Bonchev–Trinajstić information content (AvgIpc) is 3.74. The van der Waals surface area contributed by atoms with Crippen molar-refractivity contribution in [1.29, 1.82) is 0 Å². The van der Waals surface area contributed by atoms with Gasteiger partial charge in [0.1, 0.15) is 6.54 Å². The molecule has 222 valence electrons. The number of imide groups is 1. The number of hydrogen-bond donors (Lipinski definition) is 1. The predicted octanol–water partition coefficient (Wildman–Crippen LogP) is 6.19. The maximum atomic E-state index is 13.9. The molecule has 0 radical (unpaired) electrons. The number of hydrogen-bond acceptors (Lipinski definition) is 6. The molecule has 3 aromatic carbocycles. The number of nitrogens with one attached hydrogen (secondary N) is 1. The lowest BCUT2D eigenvalue weighted by molar-refractivity contribution is -0.123. The van der Waals surface area contributed by atoms with E-state index < -0.39 is 0 Å². The summed E-state index contributed by atoms with van der Waals surface area (Å²) in [6.45, 7) is 1.83. The molecule has 1 N–H and O–H groups in total. The Morgan fingerprint density at radius 1 is 0.909 bits per heavy atom. The summed E-state index contributed by atoms with van der Waals surface area (Å²) in [5.74, 6) is -1.31. The lowest BCUT2D eigenvalue weighted by Gasteiger charge is -2.43. The molecule has 2 saturated carbocycles. The Kier molecular flexibility index (Phi) is 6.63. The average molecular weight is 642 g/mol. The van der Waals surface area contributed by atoms with Crippen LogP contribution in [0.15, 0.2) is 88.7 Å². The summed E-state index contributed by atoms with van der Waals surface area (Å²) in [7, 11) is 0. The normalized spacial score (nSPS) is 28.1. The molecular weight excluding hydrogens is 614 g/mol. The van der Waals surface area contributed by atoms with Crippen molar-refractivity contribution in [3.63, 3.8) is 0 Å². The second kappa shape index (κ2) is 10.5. The van der Waals surface area contributed by atoms with E-state index in [1.807, 2.05) is 85.8 Å². The molecule has 4 aromatic rings. The monoisotopic (exact) mass is 641 g/mol. The molecule has 7 unspecified atom stereocenters. The fraction of sp³-hybridized carbons (Fsp3) is 0.294. The van der Waals surface area contributed by atoms with E-state index in [2.05, 4.69) is 5.32 Å². The number of aryl methyl sites for hydroxylation is 1. The number of halogens is 1. The zero-order valence-corrected chi connectivity index (χ0v) is 26.1. The van der Waals surface area contributed by atoms with Gasteiger partial charge >= 0.3 is 4.87 Å². The van der Waals surface area contributed by atoms with Crippen molar-refractivity contribution < 1.29 is 14.4 Å². The number of amides is 3. The molecule has 2 aliphatic carbocycles. The molecule has 3 amide bonds. The lowest BCUT2D eigenvalue weighted by atomic mass is 9.68. The molecule has 44 heavy (non-hydrogen) atoms. The van der Waals surface area contributed by atoms with Gasteiger partial charge in [0, 0.05) is 26.8 Å². The maximum absolute atomic E-state index is 13.9. The minimum atomic E-state index is -0.378. The number of thioether (sulfide) groups is 1. The van der Waals surface area contributed by atoms with Gasteiger partial charge in [-0.1, -0.05) is 71.5 Å². The van der Waals surface area contributed by atoms with Gasteiger partial charge in [-0.25, -0.2) is 0 Å². The zero-order chi connectivity index (χ0) is 30.3. The van der Waals surface area contributed by atoms with Gasteiger partial charge in [0.05, 0.1) is 22.5 Å². The highest BCUT2D eigenvalue weighted by Gasteiger charge is 2.69. The van der Waals surface area contributed by atoms with Crippen LogP contribution >= 0.6 is 34.7 Å². The molecule has 3 heterocycles. The van der Waals surface area contributed by atoms with Crippen LogP contribution in [0.1, 0.15) is 28.3 Å². The predicted molar refractivity (Wildman–Crippen MR) is 172 cm³/mol. The van der Waals surface area contributed by atoms with Crippen molar-refractivity contribution in [3.8, 4) is 0 Å². The first kappa shape index (κ1) is 27.9. The van der Waals surface area contributed by atoms with Crippen LogP contribution in [0.25, 0.3) is 0 Å². The first-order valence-electron chi connectivity index (χ1n) is 14.8. The fourth-order valence-corrected chi connectivity index (χ4v) is 11.4. The van der Waals surface area contributed by atoms with Crippen LogP contribution in [-0.2, 0) is 20.9 Å². The van der Waals surface area contributed by atoms with E-state index in [9.17, 15) is 19.2 Å². The number of benzene rings is 3. The Bertz CT molecular complexity index is 1890. The highest BCUT2D eigenvalue weighted by Crippen LogP contribution is 2.69. The smallest absolute Gasteiger partial charge is 0.308 e. The van der Waals surface area contributed by atoms with E-state index in [1.165, 1.54) is 16.2 Å². The first-order valence-corrected chi connectivity index (χ1v) is 16.8. The van der Waals surface area contributed by atoms with Crippen LogP contribution in [0.4, 0.5) is 11.4 Å². The highest BCUT2D eigenvalue weighted by atomic mass is 35.5. The van der Waals surface area contributed by atoms with Crippen LogP contribution in [0.3, 0.4) is 0 Å². The van der Waals surface area contributed by atoms with Gasteiger partial charge in [-0.2, -0.15) is 0 Å². The molecule has 2 aliphatic heterocycles. The Hall–Kier alpha value is -3.66. The van der Waals surface area contributed by atoms with E-state index in [0.29, 0.717) is 16.4 Å². The second-order valence-electron chi connectivity index (χ2n) is 12.1. The van der Waals surface area contributed by atoms with E-state index >= 15 is 0 Å². The Morgan fingerprint density at radius 3 is 2.32 bits per heavy atom. The second-order valence-corrected chi connectivity index (χ2v) is 14.7. The molecule has 1 saturated heterocycles. The minimum Gasteiger partial charge on any atom is -0.324 e. The van der Waals surface area contributed by atoms with E-state index in [4.69, 9.17) is 11.6 Å². The van der Waals surface area contributed by atoms with Gasteiger partial charge in [-0.3, -0.25) is 28.6 Å². The Labute approximate surface area is 267 Å². The van der Waals surface area contributed by atoms with Crippen molar-refractivity contribution in [2.45, 2.75) is 36.1 Å². The zero-order valence-electron chi connectivity index (χ0n) is 23.7. The lowest BCUT2D eigenvalue weighted by Crippen LogP contribution is -2.43. The third-order valence-corrected chi connectivity index (χ3v) is 13.0. The molecule has 1 aromatic heterocycles. The third-order valence-electron chi connectivity index (χ3n) is 9.91. The number of carbonyl (C=O) groups is 3. The summed E-state index contributed by atoms with van der Waals surface area (Å²) in [5, 5.41) is 4.41. The number of rotatable bonds is 5. The summed E-state index contributed by atoms with van der Waals surface area (Å²) in [6.07, 6.45) is 0.800. The molecule has 10 heteroatoms. The summed E-state index contributed by atoms with van der Waals surface area (Å²) in [4.78, 5) is 56.7. The minimum absolute atomic E-state index is 0.00245. The maximum Gasteiger partial charge on any atom is 0.308 e. The third kappa shape index (κ3) is 4.16. The molecule has 0 spiro atoms. The van der Waals surface area contributed by atoms with Crippen LogP contribution in [-0.4, -0.2) is 27.5 Å². The first-order chi connectivity index (χ1) is 21.3. The number of thiazole rings is 1. The van der Waals surface area contributed by atoms with Crippen molar-refractivity contribution >= 4 is 63.8 Å². The molecule has 2 bridgehead atoms. The van der Waals surface area contributed by atoms with Crippen LogP contribution in [0.2, 0.25) is 5.02 Å². The summed E-state index contributed by atoms with van der Waals surface area (Å²) in [6, 6.07) is 24.5. The molecule has 7 nitrogen and oxygen atoms in total. The summed E-state index contributed by atoms with van der Waals surface area (Å²) in [5.41, 5.74) is 3.31. The molecular formula is C34H28ClN3O4S2. The molecule has 3 fully saturated rings. The van der Waals surface area contributed by atoms with Crippen molar-refractivity contribution in [3.05, 3.63) is 110 Å². The van der Waals surface area contributed by atoms with Gasteiger partial charge < -0.3 is 5.32 Å². The fourth-order valence-electron chi connectivity index (χ4n) is 8.18. The van der Waals surface area contributed by atoms with E-state index in [1.54, 1.807) is 16.3 Å². The highest BCUT2D eigenvalue weighted by molar-refractivity contribution is 8.00. The van der Waals surface area contributed by atoms with Gasteiger partial charge in [-0.15, -0.1) is 11.8 Å². The molecule has 4 aliphatic rings. The van der Waals surface area contributed by atoms with Gasteiger partial charge in [0.15, 0.2) is 0 Å².